The van der Waals surface area contributed by atoms with Gasteiger partial charge in [0.25, 0.3) is 0 Å². The SMILES string of the molecule is O=S(=O)(NCCc1cccc2cccnc12)c1ccc(Br)cc1. The minimum absolute atomic E-state index is 0.261. The highest BCUT2D eigenvalue weighted by Gasteiger charge is 2.13. The zero-order valence-corrected chi connectivity index (χ0v) is 14.6. The monoisotopic (exact) mass is 390 g/mol. The molecular weight excluding hydrogens is 376 g/mol. The van der Waals surface area contributed by atoms with Crippen LogP contribution in [0.25, 0.3) is 10.9 Å². The Morgan fingerprint density at radius 1 is 1.00 bits per heavy atom. The number of sulfonamides is 1. The van der Waals surface area contributed by atoms with Crippen molar-refractivity contribution in [3.05, 3.63) is 70.8 Å². The summed E-state index contributed by atoms with van der Waals surface area (Å²) in [7, 11) is -3.49. The molecule has 1 aromatic heterocycles. The minimum atomic E-state index is -3.49. The number of benzene rings is 2. The van der Waals surface area contributed by atoms with E-state index in [1.54, 1.807) is 30.5 Å². The fourth-order valence-electron chi connectivity index (χ4n) is 2.39. The smallest absolute Gasteiger partial charge is 0.240 e. The first-order valence-electron chi connectivity index (χ1n) is 7.14. The van der Waals surface area contributed by atoms with E-state index in [0.717, 1.165) is 20.9 Å². The van der Waals surface area contributed by atoms with Crippen LogP contribution in [0.1, 0.15) is 5.56 Å². The number of rotatable bonds is 5. The molecule has 0 aliphatic rings. The zero-order valence-electron chi connectivity index (χ0n) is 12.2. The predicted molar refractivity (Wildman–Crippen MR) is 94.8 cm³/mol. The molecule has 0 aliphatic heterocycles. The normalized spacial score (nSPS) is 11.7. The summed E-state index contributed by atoms with van der Waals surface area (Å²) in [4.78, 5) is 4.64. The maximum atomic E-state index is 12.3. The van der Waals surface area contributed by atoms with Crippen LogP contribution in [0.3, 0.4) is 0 Å². The number of nitrogens with one attached hydrogen (secondary N) is 1. The van der Waals surface area contributed by atoms with Crippen molar-refractivity contribution in [2.75, 3.05) is 6.54 Å². The summed E-state index contributed by atoms with van der Waals surface area (Å²) in [5.74, 6) is 0. The lowest BCUT2D eigenvalue weighted by atomic mass is 10.1. The Morgan fingerprint density at radius 2 is 1.74 bits per heavy atom. The quantitative estimate of drug-likeness (QED) is 0.724. The first-order chi connectivity index (χ1) is 11.1. The lowest BCUT2D eigenvalue weighted by Gasteiger charge is -2.08. The maximum Gasteiger partial charge on any atom is 0.240 e. The number of pyridine rings is 1. The molecule has 0 bridgehead atoms. The fraction of sp³-hybridized carbons (Fsp3) is 0.118. The van der Waals surface area contributed by atoms with Crippen molar-refractivity contribution in [2.45, 2.75) is 11.3 Å². The molecule has 0 saturated heterocycles. The average Bonchev–Trinajstić information content (AvgIpc) is 2.55. The van der Waals surface area contributed by atoms with E-state index in [2.05, 4.69) is 25.6 Å². The first-order valence-corrected chi connectivity index (χ1v) is 9.42. The Labute approximate surface area is 143 Å². The second-order valence-corrected chi connectivity index (χ2v) is 7.78. The zero-order chi connectivity index (χ0) is 16.3. The van der Waals surface area contributed by atoms with Gasteiger partial charge in [-0.3, -0.25) is 4.98 Å². The van der Waals surface area contributed by atoms with Gasteiger partial charge < -0.3 is 0 Å². The molecule has 4 nitrogen and oxygen atoms in total. The number of aromatic nitrogens is 1. The average molecular weight is 391 g/mol. The predicted octanol–water partition coefficient (Wildman–Crippen LogP) is 3.52. The summed E-state index contributed by atoms with van der Waals surface area (Å²) < 4.78 is 28.0. The molecule has 0 unspecified atom stereocenters. The first kappa shape index (κ1) is 16.1. The van der Waals surface area contributed by atoms with Gasteiger partial charge in [0.1, 0.15) is 0 Å². The van der Waals surface area contributed by atoms with E-state index in [4.69, 9.17) is 0 Å². The summed E-state index contributed by atoms with van der Waals surface area (Å²) in [6.07, 6.45) is 2.34. The number of hydrogen-bond donors (Lipinski definition) is 1. The second-order valence-electron chi connectivity index (χ2n) is 5.09. The number of halogens is 1. The van der Waals surface area contributed by atoms with Gasteiger partial charge in [-0.15, -0.1) is 0 Å². The van der Waals surface area contributed by atoms with Gasteiger partial charge in [-0.05, 0) is 42.3 Å². The molecule has 0 spiro atoms. The summed E-state index contributed by atoms with van der Waals surface area (Å²) >= 11 is 3.30. The summed E-state index contributed by atoms with van der Waals surface area (Å²) in [6.45, 7) is 0.327. The number of nitrogens with zero attached hydrogens (tertiary/aromatic N) is 1. The van der Waals surface area contributed by atoms with Gasteiger partial charge in [0.2, 0.25) is 10.0 Å². The van der Waals surface area contributed by atoms with Gasteiger partial charge >= 0.3 is 0 Å². The van der Waals surface area contributed by atoms with Crippen molar-refractivity contribution < 1.29 is 8.42 Å². The van der Waals surface area contributed by atoms with Crippen molar-refractivity contribution in [3.8, 4) is 0 Å². The number of para-hydroxylation sites is 1. The van der Waals surface area contributed by atoms with Crippen LogP contribution in [0.15, 0.2) is 70.2 Å². The molecule has 3 rings (SSSR count). The molecule has 118 valence electrons. The van der Waals surface area contributed by atoms with E-state index >= 15 is 0 Å². The van der Waals surface area contributed by atoms with E-state index in [-0.39, 0.29) is 4.90 Å². The highest BCUT2D eigenvalue weighted by Crippen LogP contribution is 2.17. The van der Waals surface area contributed by atoms with E-state index in [1.165, 1.54) is 0 Å². The minimum Gasteiger partial charge on any atom is -0.256 e. The number of hydrogen-bond acceptors (Lipinski definition) is 3. The molecule has 0 aliphatic carbocycles. The van der Waals surface area contributed by atoms with E-state index in [0.29, 0.717) is 13.0 Å². The summed E-state index contributed by atoms with van der Waals surface area (Å²) in [5, 5.41) is 1.06. The van der Waals surface area contributed by atoms with E-state index < -0.39 is 10.0 Å². The van der Waals surface area contributed by atoms with E-state index in [1.807, 2.05) is 30.3 Å². The highest BCUT2D eigenvalue weighted by molar-refractivity contribution is 9.10. The Hall–Kier alpha value is -1.76. The standard InChI is InChI=1S/C17H15BrN2O2S/c18-15-6-8-16(9-7-15)23(21,22)20-12-10-14-4-1-3-13-5-2-11-19-17(13)14/h1-9,11,20H,10,12H2. The Bertz CT molecular complexity index is 919. The van der Waals surface area contributed by atoms with Gasteiger partial charge in [-0.25, -0.2) is 13.1 Å². The van der Waals surface area contributed by atoms with Crippen LogP contribution in [-0.4, -0.2) is 19.9 Å². The van der Waals surface area contributed by atoms with Crippen LogP contribution in [-0.2, 0) is 16.4 Å². The highest BCUT2D eigenvalue weighted by atomic mass is 79.9. The molecule has 0 amide bonds. The molecule has 0 radical (unpaired) electrons. The van der Waals surface area contributed by atoms with Crippen molar-refractivity contribution in [1.29, 1.82) is 0 Å². The molecule has 0 atom stereocenters. The van der Waals surface area contributed by atoms with E-state index in [9.17, 15) is 8.42 Å². The van der Waals surface area contributed by atoms with Crippen LogP contribution in [0.2, 0.25) is 0 Å². The van der Waals surface area contributed by atoms with Crippen molar-refractivity contribution in [1.82, 2.24) is 9.71 Å². The lowest BCUT2D eigenvalue weighted by molar-refractivity contribution is 0.581. The van der Waals surface area contributed by atoms with Crippen LogP contribution >= 0.6 is 15.9 Å². The Morgan fingerprint density at radius 3 is 2.52 bits per heavy atom. The van der Waals surface area contributed by atoms with Crippen molar-refractivity contribution >= 4 is 36.9 Å². The molecule has 23 heavy (non-hydrogen) atoms. The second kappa shape index (κ2) is 6.78. The lowest BCUT2D eigenvalue weighted by Crippen LogP contribution is -2.26. The molecule has 1 N–H and O–H groups in total. The summed E-state index contributed by atoms with van der Waals surface area (Å²) in [5.41, 5.74) is 1.94. The van der Waals surface area contributed by atoms with Crippen molar-refractivity contribution in [3.63, 3.8) is 0 Å². The van der Waals surface area contributed by atoms with Gasteiger partial charge in [0.15, 0.2) is 0 Å². The third-order valence-electron chi connectivity index (χ3n) is 3.53. The van der Waals surface area contributed by atoms with Gasteiger partial charge in [-0.1, -0.05) is 40.2 Å². The van der Waals surface area contributed by atoms with Crippen LogP contribution in [0.5, 0.6) is 0 Å². The van der Waals surface area contributed by atoms with Gasteiger partial charge in [0, 0.05) is 22.6 Å². The van der Waals surface area contributed by atoms with Crippen molar-refractivity contribution in [2.24, 2.45) is 0 Å². The van der Waals surface area contributed by atoms with Crippen LogP contribution in [0, 0.1) is 0 Å². The number of fused-ring (bicyclic) bond motifs is 1. The van der Waals surface area contributed by atoms with Crippen LogP contribution in [0.4, 0.5) is 0 Å². The third kappa shape index (κ3) is 3.77. The topological polar surface area (TPSA) is 59.1 Å². The summed E-state index contributed by atoms with van der Waals surface area (Å²) in [6, 6.07) is 16.4. The molecular formula is C17H15BrN2O2S. The molecule has 6 heteroatoms. The molecule has 1 heterocycles. The maximum absolute atomic E-state index is 12.3. The molecule has 0 fully saturated rings. The molecule has 2 aromatic carbocycles. The van der Waals surface area contributed by atoms with Crippen LogP contribution < -0.4 is 4.72 Å². The Kier molecular flexibility index (Phi) is 4.75. The fourth-order valence-corrected chi connectivity index (χ4v) is 3.68. The van der Waals surface area contributed by atoms with Gasteiger partial charge in [-0.2, -0.15) is 0 Å². The van der Waals surface area contributed by atoms with Gasteiger partial charge in [0.05, 0.1) is 10.4 Å². The molecule has 3 aromatic rings. The third-order valence-corrected chi connectivity index (χ3v) is 5.53. The largest absolute Gasteiger partial charge is 0.256 e. The molecule has 0 saturated carbocycles. The Balaban J connectivity index is 1.72.